The lowest BCUT2D eigenvalue weighted by Gasteiger charge is -2.26. The molecule has 0 spiro atoms. The van der Waals surface area contributed by atoms with Gasteiger partial charge in [-0.15, -0.1) is 0 Å². The minimum Gasteiger partial charge on any atom is -0.385 e. The third-order valence-corrected chi connectivity index (χ3v) is 3.60. The summed E-state index contributed by atoms with van der Waals surface area (Å²) in [5, 5.41) is 3.02. The van der Waals surface area contributed by atoms with Crippen molar-refractivity contribution in [3.8, 4) is 0 Å². The number of methoxy groups -OCH3 is 1. The van der Waals surface area contributed by atoms with Crippen LogP contribution in [0.5, 0.6) is 0 Å². The van der Waals surface area contributed by atoms with E-state index in [0.717, 1.165) is 25.9 Å². The average molecular weight is 272 g/mol. The lowest BCUT2D eigenvalue weighted by Crippen LogP contribution is -2.35. The predicted octanol–water partition coefficient (Wildman–Crippen LogP) is 2.32. The van der Waals surface area contributed by atoms with Crippen molar-refractivity contribution < 1.29 is 9.53 Å². The summed E-state index contributed by atoms with van der Waals surface area (Å²) < 4.78 is 5.08. The van der Waals surface area contributed by atoms with Crippen molar-refractivity contribution in [1.29, 1.82) is 0 Å². The Balaban J connectivity index is 3.93. The Hall–Kier alpha value is -0.610. The van der Waals surface area contributed by atoms with E-state index in [1.807, 2.05) is 0 Å². The molecule has 4 heteroatoms. The van der Waals surface area contributed by atoms with Gasteiger partial charge < -0.3 is 15.8 Å². The van der Waals surface area contributed by atoms with Gasteiger partial charge in [0.25, 0.3) is 0 Å². The largest absolute Gasteiger partial charge is 0.385 e. The van der Waals surface area contributed by atoms with Gasteiger partial charge in [-0.05, 0) is 36.6 Å². The molecular formula is C15H32N2O2. The van der Waals surface area contributed by atoms with Gasteiger partial charge in [0.05, 0.1) is 0 Å². The third kappa shape index (κ3) is 9.91. The van der Waals surface area contributed by atoms with Gasteiger partial charge in [-0.2, -0.15) is 0 Å². The first-order valence-corrected chi connectivity index (χ1v) is 7.18. The second-order valence-corrected chi connectivity index (χ2v) is 6.89. The Labute approximate surface area is 118 Å². The van der Waals surface area contributed by atoms with Crippen molar-refractivity contribution >= 4 is 5.91 Å². The summed E-state index contributed by atoms with van der Waals surface area (Å²) in [5.74, 6) is 0.135. The standard InChI is InChI=1S/C15H32N2O2/c1-14(2,8-10-16)7-6-13(18)17-12-15(3,4)9-11-19-5/h6-12,16H2,1-5H3,(H,17,18). The van der Waals surface area contributed by atoms with E-state index < -0.39 is 0 Å². The summed E-state index contributed by atoms with van der Waals surface area (Å²) in [6.07, 6.45) is 3.37. The highest BCUT2D eigenvalue weighted by molar-refractivity contribution is 5.75. The van der Waals surface area contributed by atoms with Crippen molar-refractivity contribution in [3.63, 3.8) is 0 Å². The summed E-state index contributed by atoms with van der Waals surface area (Å²) in [6.45, 7) is 10.7. The van der Waals surface area contributed by atoms with E-state index in [1.165, 1.54) is 0 Å². The highest BCUT2D eigenvalue weighted by Gasteiger charge is 2.21. The molecule has 0 aromatic carbocycles. The highest BCUT2D eigenvalue weighted by atomic mass is 16.5. The minimum atomic E-state index is 0.0818. The number of amides is 1. The van der Waals surface area contributed by atoms with Gasteiger partial charge in [0.2, 0.25) is 5.91 Å². The number of nitrogens with one attached hydrogen (secondary N) is 1. The van der Waals surface area contributed by atoms with Gasteiger partial charge in [-0.3, -0.25) is 4.79 Å². The van der Waals surface area contributed by atoms with Crippen LogP contribution in [0.15, 0.2) is 0 Å². The zero-order valence-corrected chi connectivity index (χ0v) is 13.3. The van der Waals surface area contributed by atoms with Crippen molar-refractivity contribution in [2.75, 3.05) is 26.8 Å². The second kappa shape index (κ2) is 8.54. The number of carbonyl (C=O) groups is 1. The molecule has 0 bridgehead atoms. The normalized spacial score (nSPS) is 12.5. The average Bonchev–Trinajstić information content (AvgIpc) is 2.32. The molecule has 0 saturated heterocycles. The predicted molar refractivity (Wildman–Crippen MR) is 80.0 cm³/mol. The third-order valence-electron chi connectivity index (χ3n) is 3.60. The number of ether oxygens (including phenoxy) is 1. The number of hydrogen-bond acceptors (Lipinski definition) is 3. The van der Waals surface area contributed by atoms with E-state index in [2.05, 4.69) is 33.0 Å². The van der Waals surface area contributed by atoms with Crippen molar-refractivity contribution in [2.45, 2.75) is 53.4 Å². The van der Waals surface area contributed by atoms with E-state index in [0.29, 0.717) is 19.5 Å². The smallest absolute Gasteiger partial charge is 0.220 e. The van der Waals surface area contributed by atoms with Gasteiger partial charge >= 0.3 is 0 Å². The van der Waals surface area contributed by atoms with Gasteiger partial charge in [0.1, 0.15) is 0 Å². The molecule has 1 amide bonds. The van der Waals surface area contributed by atoms with E-state index in [9.17, 15) is 4.79 Å². The van der Waals surface area contributed by atoms with Crippen molar-refractivity contribution in [3.05, 3.63) is 0 Å². The number of nitrogens with two attached hydrogens (primary N) is 1. The van der Waals surface area contributed by atoms with Gasteiger partial charge in [-0.25, -0.2) is 0 Å². The Bertz CT molecular complexity index is 263. The maximum absolute atomic E-state index is 11.8. The van der Waals surface area contributed by atoms with Crippen LogP contribution in [0.25, 0.3) is 0 Å². The molecule has 0 aliphatic rings. The van der Waals surface area contributed by atoms with Crippen molar-refractivity contribution in [1.82, 2.24) is 5.32 Å². The molecule has 0 atom stereocenters. The summed E-state index contributed by atoms with van der Waals surface area (Å²) in [4.78, 5) is 11.8. The number of carbonyl (C=O) groups excluding carboxylic acids is 1. The fourth-order valence-corrected chi connectivity index (χ4v) is 1.86. The van der Waals surface area contributed by atoms with Gasteiger partial charge in [0, 0.05) is 26.7 Å². The van der Waals surface area contributed by atoms with Crippen LogP contribution in [0.1, 0.15) is 53.4 Å². The van der Waals surface area contributed by atoms with Crippen LogP contribution < -0.4 is 11.1 Å². The Morgan fingerprint density at radius 3 is 2.26 bits per heavy atom. The Morgan fingerprint density at radius 1 is 1.11 bits per heavy atom. The maximum atomic E-state index is 11.8. The molecule has 3 N–H and O–H groups in total. The first-order valence-electron chi connectivity index (χ1n) is 7.18. The van der Waals surface area contributed by atoms with Crippen LogP contribution >= 0.6 is 0 Å². The molecule has 0 heterocycles. The SMILES string of the molecule is COCCC(C)(C)CNC(=O)CCC(C)(C)CCN. The number of hydrogen-bond donors (Lipinski definition) is 2. The molecule has 0 aromatic heterocycles. The van der Waals surface area contributed by atoms with Crippen LogP contribution in [0, 0.1) is 10.8 Å². The van der Waals surface area contributed by atoms with Crippen LogP contribution in [0.3, 0.4) is 0 Å². The van der Waals surface area contributed by atoms with Crippen LogP contribution in [0.2, 0.25) is 0 Å². The molecular weight excluding hydrogens is 240 g/mol. The van der Waals surface area contributed by atoms with Crippen molar-refractivity contribution in [2.24, 2.45) is 16.6 Å². The molecule has 0 aliphatic heterocycles. The van der Waals surface area contributed by atoms with Crippen LogP contribution in [-0.4, -0.2) is 32.7 Å². The molecule has 0 unspecified atom stereocenters. The molecule has 0 fully saturated rings. The first-order chi connectivity index (χ1) is 8.72. The van der Waals surface area contributed by atoms with E-state index in [4.69, 9.17) is 10.5 Å². The molecule has 0 aromatic rings. The van der Waals surface area contributed by atoms with Gasteiger partial charge in [-0.1, -0.05) is 27.7 Å². The topological polar surface area (TPSA) is 64.3 Å². The summed E-state index contributed by atoms with van der Waals surface area (Å²) in [6, 6.07) is 0. The Kier molecular flexibility index (Phi) is 8.26. The van der Waals surface area contributed by atoms with E-state index in [-0.39, 0.29) is 16.7 Å². The molecule has 0 saturated carbocycles. The monoisotopic (exact) mass is 272 g/mol. The quantitative estimate of drug-likeness (QED) is 0.641. The number of rotatable bonds is 10. The van der Waals surface area contributed by atoms with Crippen LogP contribution in [-0.2, 0) is 9.53 Å². The molecule has 0 radical (unpaired) electrons. The fraction of sp³-hybridized carbons (Fsp3) is 0.933. The zero-order valence-electron chi connectivity index (χ0n) is 13.3. The van der Waals surface area contributed by atoms with Gasteiger partial charge in [0.15, 0.2) is 0 Å². The molecule has 19 heavy (non-hydrogen) atoms. The lowest BCUT2D eigenvalue weighted by molar-refractivity contribution is -0.122. The molecule has 114 valence electrons. The van der Waals surface area contributed by atoms with Crippen LogP contribution in [0.4, 0.5) is 0 Å². The zero-order chi connectivity index (χ0) is 14.9. The molecule has 0 rings (SSSR count). The summed E-state index contributed by atoms with van der Waals surface area (Å²) in [5.41, 5.74) is 5.80. The Morgan fingerprint density at radius 2 is 1.74 bits per heavy atom. The minimum absolute atomic E-state index is 0.0818. The second-order valence-electron chi connectivity index (χ2n) is 6.89. The van der Waals surface area contributed by atoms with E-state index in [1.54, 1.807) is 7.11 Å². The summed E-state index contributed by atoms with van der Waals surface area (Å²) >= 11 is 0. The highest BCUT2D eigenvalue weighted by Crippen LogP contribution is 2.26. The summed E-state index contributed by atoms with van der Waals surface area (Å²) in [7, 11) is 1.70. The lowest BCUT2D eigenvalue weighted by atomic mass is 9.84. The molecule has 0 aliphatic carbocycles. The van der Waals surface area contributed by atoms with E-state index >= 15 is 0 Å². The fourth-order valence-electron chi connectivity index (χ4n) is 1.86. The molecule has 4 nitrogen and oxygen atoms in total. The first kappa shape index (κ1) is 18.4. The maximum Gasteiger partial charge on any atom is 0.220 e.